The molecule has 0 saturated heterocycles. The first-order valence-electron chi connectivity index (χ1n) is 7.59. The minimum absolute atomic E-state index is 0.168. The number of aromatic nitrogens is 1. The molecule has 1 aromatic carbocycles. The van der Waals surface area contributed by atoms with Gasteiger partial charge < -0.3 is 10.1 Å². The van der Waals surface area contributed by atoms with Crippen molar-refractivity contribution in [3.8, 4) is 10.6 Å². The van der Waals surface area contributed by atoms with E-state index in [9.17, 15) is 4.79 Å². The summed E-state index contributed by atoms with van der Waals surface area (Å²) in [5, 5.41) is 6.26. The van der Waals surface area contributed by atoms with Crippen molar-refractivity contribution < 1.29 is 9.53 Å². The standard InChI is InChI=1S/C18H18N2O2S/c1-2-22-18(21)14-8-10-15(11-9-14)19-16-12-23-17(20-16)13-6-4-3-5-7-13/h3-8,10-12,14,19H,2,9H2,1H3. The zero-order chi connectivity index (χ0) is 16.1. The van der Waals surface area contributed by atoms with E-state index in [-0.39, 0.29) is 11.9 Å². The molecule has 2 aromatic rings. The van der Waals surface area contributed by atoms with Crippen molar-refractivity contribution in [1.29, 1.82) is 0 Å². The van der Waals surface area contributed by atoms with E-state index in [0.717, 1.165) is 22.1 Å². The fraction of sp³-hybridized carbons (Fsp3) is 0.222. The number of allylic oxidation sites excluding steroid dienone is 2. The molecule has 0 amide bonds. The number of hydrogen-bond donors (Lipinski definition) is 1. The fourth-order valence-electron chi connectivity index (χ4n) is 2.33. The summed E-state index contributed by atoms with van der Waals surface area (Å²) >= 11 is 1.60. The number of nitrogens with one attached hydrogen (secondary N) is 1. The minimum Gasteiger partial charge on any atom is -0.466 e. The first-order chi connectivity index (χ1) is 11.3. The number of anilines is 1. The van der Waals surface area contributed by atoms with Crippen LogP contribution in [0.15, 0.2) is 59.6 Å². The van der Waals surface area contributed by atoms with Gasteiger partial charge in [0.15, 0.2) is 0 Å². The van der Waals surface area contributed by atoms with Gasteiger partial charge in [0.1, 0.15) is 10.8 Å². The Balaban J connectivity index is 1.62. The molecule has 0 saturated carbocycles. The Labute approximate surface area is 139 Å². The van der Waals surface area contributed by atoms with Gasteiger partial charge in [-0.15, -0.1) is 11.3 Å². The summed E-state index contributed by atoms with van der Waals surface area (Å²) in [6, 6.07) is 10.1. The molecule has 0 aliphatic heterocycles. The molecule has 4 nitrogen and oxygen atoms in total. The number of ether oxygens (including phenoxy) is 1. The maximum absolute atomic E-state index is 11.7. The van der Waals surface area contributed by atoms with Gasteiger partial charge in [-0.25, -0.2) is 4.98 Å². The minimum atomic E-state index is -0.184. The van der Waals surface area contributed by atoms with Crippen LogP contribution in [0.1, 0.15) is 13.3 Å². The van der Waals surface area contributed by atoms with Crippen molar-refractivity contribution in [2.24, 2.45) is 5.92 Å². The predicted octanol–water partition coefficient (Wildman–Crippen LogP) is 4.25. The number of carbonyl (C=O) groups excluding carboxylic acids is 1. The highest BCUT2D eigenvalue weighted by Crippen LogP contribution is 2.27. The smallest absolute Gasteiger partial charge is 0.313 e. The van der Waals surface area contributed by atoms with Crippen LogP contribution in [0.4, 0.5) is 5.82 Å². The quantitative estimate of drug-likeness (QED) is 0.835. The zero-order valence-electron chi connectivity index (χ0n) is 12.9. The van der Waals surface area contributed by atoms with Crippen molar-refractivity contribution in [3.63, 3.8) is 0 Å². The molecule has 0 fully saturated rings. The Morgan fingerprint density at radius 3 is 2.91 bits per heavy atom. The topological polar surface area (TPSA) is 51.2 Å². The van der Waals surface area contributed by atoms with Crippen LogP contribution < -0.4 is 5.32 Å². The van der Waals surface area contributed by atoms with Crippen LogP contribution in [-0.2, 0) is 9.53 Å². The molecule has 1 aliphatic carbocycles. The van der Waals surface area contributed by atoms with E-state index in [1.165, 1.54) is 0 Å². The second kappa shape index (κ2) is 7.24. The summed E-state index contributed by atoms with van der Waals surface area (Å²) in [5.74, 6) is 0.467. The normalized spacial score (nSPS) is 16.7. The molecule has 0 spiro atoms. The van der Waals surface area contributed by atoms with E-state index in [2.05, 4.69) is 10.3 Å². The van der Waals surface area contributed by atoms with Gasteiger partial charge >= 0.3 is 5.97 Å². The van der Waals surface area contributed by atoms with Gasteiger partial charge in [-0.05, 0) is 19.4 Å². The van der Waals surface area contributed by atoms with E-state index in [4.69, 9.17) is 4.74 Å². The molecule has 1 atom stereocenters. The highest BCUT2D eigenvalue weighted by molar-refractivity contribution is 7.13. The number of thiazole rings is 1. The molecular weight excluding hydrogens is 308 g/mol. The van der Waals surface area contributed by atoms with Gasteiger partial charge in [0, 0.05) is 16.6 Å². The monoisotopic (exact) mass is 326 g/mol. The van der Waals surface area contributed by atoms with E-state index in [0.29, 0.717) is 13.0 Å². The van der Waals surface area contributed by atoms with E-state index in [1.807, 2.05) is 60.9 Å². The molecule has 1 heterocycles. The van der Waals surface area contributed by atoms with Crippen molar-refractivity contribution in [2.45, 2.75) is 13.3 Å². The number of carbonyl (C=O) groups is 1. The van der Waals surface area contributed by atoms with Crippen LogP contribution >= 0.6 is 11.3 Å². The molecule has 5 heteroatoms. The van der Waals surface area contributed by atoms with Crippen LogP contribution in [0.2, 0.25) is 0 Å². The number of rotatable bonds is 5. The van der Waals surface area contributed by atoms with Crippen LogP contribution in [0, 0.1) is 5.92 Å². The lowest BCUT2D eigenvalue weighted by molar-refractivity contribution is -0.146. The SMILES string of the molecule is CCOC(=O)C1C=CC(Nc2csc(-c3ccccc3)n2)=CC1. The third kappa shape index (κ3) is 3.87. The number of hydrogen-bond acceptors (Lipinski definition) is 5. The Kier molecular flexibility index (Phi) is 4.88. The number of esters is 1. The molecule has 3 rings (SSSR count). The Bertz CT molecular complexity index is 734. The molecule has 1 aromatic heterocycles. The van der Waals surface area contributed by atoms with Crippen LogP contribution in [0.5, 0.6) is 0 Å². The summed E-state index contributed by atoms with van der Waals surface area (Å²) in [6.07, 6.45) is 6.44. The number of benzene rings is 1. The highest BCUT2D eigenvalue weighted by Gasteiger charge is 2.18. The van der Waals surface area contributed by atoms with E-state index in [1.54, 1.807) is 11.3 Å². The third-order valence-corrected chi connectivity index (χ3v) is 4.38. The number of nitrogens with zero attached hydrogens (tertiary/aromatic N) is 1. The van der Waals surface area contributed by atoms with Crippen LogP contribution in [0.25, 0.3) is 10.6 Å². The Morgan fingerprint density at radius 1 is 1.39 bits per heavy atom. The summed E-state index contributed by atoms with van der Waals surface area (Å²) in [4.78, 5) is 16.3. The van der Waals surface area contributed by atoms with Gasteiger partial charge in [0.25, 0.3) is 0 Å². The van der Waals surface area contributed by atoms with Gasteiger partial charge in [0.2, 0.25) is 0 Å². The van der Waals surface area contributed by atoms with Crippen molar-refractivity contribution >= 4 is 23.1 Å². The van der Waals surface area contributed by atoms with Gasteiger partial charge in [-0.3, -0.25) is 4.79 Å². The largest absolute Gasteiger partial charge is 0.466 e. The van der Waals surface area contributed by atoms with E-state index < -0.39 is 0 Å². The van der Waals surface area contributed by atoms with Crippen molar-refractivity contribution in [2.75, 3.05) is 11.9 Å². The molecule has 1 N–H and O–H groups in total. The fourth-order valence-corrected chi connectivity index (χ4v) is 3.09. The summed E-state index contributed by atoms with van der Waals surface area (Å²) in [6.45, 7) is 2.24. The van der Waals surface area contributed by atoms with Crippen LogP contribution in [0.3, 0.4) is 0 Å². The molecule has 23 heavy (non-hydrogen) atoms. The third-order valence-electron chi connectivity index (χ3n) is 3.49. The average Bonchev–Trinajstić information content (AvgIpc) is 3.05. The Morgan fingerprint density at radius 2 is 2.22 bits per heavy atom. The zero-order valence-corrected chi connectivity index (χ0v) is 13.7. The molecule has 1 unspecified atom stereocenters. The molecule has 0 bridgehead atoms. The average molecular weight is 326 g/mol. The molecule has 118 valence electrons. The van der Waals surface area contributed by atoms with E-state index >= 15 is 0 Å². The summed E-state index contributed by atoms with van der Waals surface area (Å²) in [5.41, 5.74) is 2.07. The first-order valence-corrected chi connectivity index (χ1v) is 8.47. The molecule has 0 radical (unpaired) electrons. The van der Waals surface area contributed by atoms with Gasteiger partial charge in [0.05, 0.1) is 12.5 Å². The Hall–Kier alpha value is -2.40. The lowest BCUT2D eigenvalue weighted by Gasteiger charge is -2.15. The maximum Gasteiger partial charge on any atom is 0.313 e. The molecular formula is C18H18N2O2S. The van der Waals surface area contributed by atoms with Crippen LogP contribution in [-0.4, -0.2) is 17.6 Å². The van der Waals surface area contributed by atoms with Crippen molar-refractivity contribution in [3.05, 3.63) is 59.6 Å². The molecule has 1 aliphatic rings. The van der Waals surface area contributed by atoms with Gasteiger partial charge in [-0.2, -0.15) is 0 Å². The summed E-state index contributed by atoms with van der Waals surface area (Å²) < 4.78 is 5.04. The first kappa shape index (κ1) is 15.5. The maximum atomic E-state index is 11.7. The summed E-state index contributed by atoms with van der Waals surface area (Å²) in [7, 11) is 0. The van der Waals surface area contributed by atoms with Gasteiger partial charge in [-0.1, -0.05) is 42.5 Å². The second-order valence-corrected chi connectivity index (χ2v) is 6.00. The second-order valence-electron chi connectivity index (χ2n) is 5.14. The lowest BCUT2D eigenvalue weighted by Crippen LogP contribution is -2.17. The highest BCUT2D eigenvalue weighted by atomic mass is 32.1. The van der Waals surface area contributed by atoms with Crippen molar-refractivity contribution in [1.82, 2.24) is 4.98 Å². The predicted molar refractivity (Wildman–Crippen MR) is 93.1 cm³/mol. The lowest BCUT2D eigenvalue weighted by atomic mass is 9.99.